The molecule has 0 bridgehead atoms. The molecule has 1 amide bonds. The van der Waals surface area contributed by atoms with Crippen molar-refractivity contribution in [1.29, 1.82) is 0 Å². The molecular weight excluding hydrogens is 316 g/mol. The number of methoxy groups -OCH3 is 1. The molecule has 5 nitrogen and oxygen atoms in total. The SMILES string of the molecule is COc1ccc2[nH]cc(CC(=O)Nc3ccccc3OC(C)C)c2c1. The molecule has 0 spiro atoms. The van der Waals surface area contributed by atoms with Gasteiger partial charge in [-0.1, -0.05) is 12.1 Å². The number of para-hydroxylation sites is 2. The monoisotopic (exact) mass is 338 g/mol. The summed E-state index contributed by atoms with van der Waals surface area (Å²) >= 11 is 0. The van der Waals surface area contributed by atoms with Gasteiger partial charge in [0.15, 0.2) is 0 Å². The van der Waals surface area contributed by atoms with Crippen molar-refractivity contribution in [3.63, 3.8) is 0 Å². The van der Waals surface area contributed by atoms with E-state index in [2.05, 4.69) is 10.3 Å². The lowest BCUT2D eigenvalue weighted by molar-refractivity contribution is -0.115. The molecule has 130 valence electrons. The Bertz CT molecular complexity index is 884. The molecule has 0 fully saturated rings. The first kappa shape index (κ1) is 16.9. The third-order valence-corrected chi connectivity index (χ3v) is 3.85. The fourth-order valence-corrected chi connectivity index (χ4v) is 2.72. The van der Waals surface area contributed by atoms with Gasteiger partial charge in [0.05, 0.1) is 25.3 Å². The summed E-state index contributed by atoms with van der Waals surface area (Å²) in [5, 5.41) is 3.93. The van der Waals surface area contributed by atoms with Crippen LogP contribution < -0.4 is 14.8 Å². The van der Waals surface area contributed by atoms with Crippen LogP contribution in [0.3, 0.4) is 0 Å². The molecule has 0 aliphatic rings. The van der Waals surface area contributed by atoms with Crippen LogP contribution in [0.25, 0.3) is 10.9 Å². The molecule has 1 aromatic heterocycles. The number of hydrogen-bond acceptors (Lipinski definition) is 3. The van der Waals surface area contributed by atoms with Crippen molar-refractivity contribution in [3.05, 3.63) is 54.2 Å². The molecule has 0 atom stereocenters. The summed E-state index contributed by atoms with van der Waals surface area (Å²) in [7, 11) is 1.63. The number of aromatic amines is 1. The first-order valence-corrected chi connectivity index (χ1v) is 8.26. The average molecular weight is 338 g/mol. The molecule has 0 saturated carbocycles. The maximum absolute atomic E-state index is 12.5. The second kappa shape index (κ2) is 7.30. The van der Waals surface area contributed by atoms with Gasteiger partial charge in [-0.2, -0.15) is 0 Å². The van der Waals surface area contributed by atoms with Gasteiger partial charge in [0.2, 0.25) is 5.91 Å². The average Bonchev–Trinajstić information content (AvgIpc) is 2.98. The van der Waals surface area contributed by atoms with E-state index < -0.39 is 0 Å². The number of aromatic nitrogens is 1. The summed E-state index contributed by atoms with van der Waals surface area (Å²) in [6, 6.07) is 13.2. The molecule has 0 aliphatic heterocycles. The summed E-state index contributed by atoms with van der Waals surface area (Å²) in [5.41, 5.74) is 2.58. The topological polar surface area (TPSA) is 63.4 Å². The highest BCUT2D eigenvalue weighted by molar-refractivity contribution is 5.97. The molecule has 2 N–H and O–H groups in total. The summed E-state index contributed by atoms with van der Waals surface area (Å²) in [5.74, 6) is 1.35. The van der Waals surface area contributed by atoms with Gasteiger partial charge in [-0.05, 0) is 49.7 Å². The van der Waals surface area contributed by atoms with Crippen molar-refractivity contribution < 1.29 is 14.3 Å². The molecule has 1 heterocycles. The highest BCUT2D eigenvalue weighted by Gasteiger charge is 2.12. The standard InChI is InChI=1S/C20H22N2O3/c1-13(2)25-19-7-5-4-6-18(19)22-20(23)10-14-12-21-17-9-8-15(24-3)11-16(14)17/h4-9,11-13,21H,10H2,1-3H3,(H,22,23). The predicted octanol–water partition coefficient (Wildman–Crippen LogP) is 4.14. The Hall–Kier alpha value is -2.95. The van der Waals surface area contributed by atoms with Crippen molar-refractivity contribution >= 4 is 22.5 Å². The fourth-order valence-electron chi connectivity index (χ4n) is 2.72. The van der Waals surface area contributed by atoms with Gasteiger partial charge in [-0.25, -0.2) is 0 Å². The van der Waals surface area contributed by atoms with Crippen LogP contribution in [0.15, 0.2) is 48.7 Å². The zero-order valence-corrected chi connectivity index (χ0v) is 14.6. The van der Waals surface area contributed by atoms with Gasteiger partial charge in [0.1, 0.15) is 11.5 Å². The Kier molecular flexibility index (Phi) is 4.93. The van der Waals surface area contributed by atoms with Crippen molar-refractivity contribution in [3.8, 4) is 11.5 Å². The summed E-state index contributed by atoms with van der Waals surface area (Å²) in [6.07, 6.45) is 2.17. The maximum atomic E-state index is 12.5. The molecule has 3 rings (SSSR count). The van der Waals surface area contributed by atoms with Crippen LogP contribution in [0.2, 0.25) is 0 Å². The smallest absolute Gasteiger partial charge is 0.228 e. The summed E-state index contributed by atoms with van der Waals surface area (Å²) < 4.78 is 11.0. The fraction of sp³-hybridized carbons (Fsp3) is 0.250. The summed E-state index contributed by atoms with van der Waals surface area (Å²) in [6.45, 7) is 3.91. The van der Waals surface area contributed by atoms with E-state index >= 15 is 0 Å². The minimum absolute atomic E-state index is 0.0409. The molecule has 25 heavy (non-hydrogen) atoms. The lowest BCUT2D eigenvalue weighted by Gasteiger charge is -2.14. The number of H-pyrrole nitrogens is 1. The van der Waals surface area contributed by atoms with Gasteiger partial charge >= 0.3 is 0 Å². The zero-order valence-electron chi connectivity index (χ0n) is 14.6. The van der Waals surface area contributed by atoms with E-state index in [0.717, 1.165) is 22.2 Å². The number of anilines is 1. The number of fused-ring (bicyclic) bond motifs is 1. The van der Waals surface area contributed by atoms with E-state index in [9.17, 15) is 4.79 Å². The summed E-state index contributed by atoms with van der Waals surface area (Å²) in [4.78, 5) is 15.7. The Morgan fingerprint density at radius 3 is 2.76 bits per heavy atom. The van der Waals surface area contributed by atoms with Crippen LogP contribution in [-0.2, 0) is 11.2 Å². The van der Waals surface area contributed by atoms with Gasteiger partial charge in [-0.3, -0.25) is 4.79 Å². The molecule has 0 aliphatic carbocycles. The Balaban J connectivity index is 1.77. The van der Waals surface area contributed by atoms with E-state index in [0.29, 0.717) is 11.4 Å². The lowest BCUT2D eigenvalue weighted by Crippen LogP contribution is -2.16. The van der Waals surface area contributed by atoms with Crippen molar-refractivity contribution in [2.24, 2.45) is 0 Å². The van der Waals surface area contributed by atoms with Gasteiger partial charge < -0.3 is 19.8 Å². The number of hydrogen-bond donors (Lipinski definition) is 2. The first-order valence-electron chi connectivity index (χ1n) is 8.26. The molecule has 5 heteroatoms. The minimum Gasteiger partial charge on any atom is -0.497 e. The molecule has 0 unspecified atom stereocenters. The zero-order chi connectivity index (χ0) is 17.8. The van der Waals surface area contributed by atoms with Crippen LogP contribution in [0.5, 0.6) is 11.5 Å². The normalized spacial score (nSPS) is 10.9. The minimum atomic E-state index is -0.0940. The van der Waals surface area contributed by atoms with Crippen LogP contribution in [-0.4, -0.2) is 24.1 Å². The molecule has 3 aromatic rings. The van der Waals surface area contributed by atoms with E-state index in [1.165, 1.54) is 0 Å². The van der Waals surface area contributed by atoms with Crippen molar-refractivity contribution in [2.45, 2.75) is 26.4 Å². The molecule has 0 radical (unpaired) electrons. The van der Waals surface area contributed by atoms with Crippen LogP contribution >= 0.6 is 0 Å². The predicted molar refractivity (Wildman–Crippen MR) is 99.4 cm³/mol. The van der Waals surface area contributed by atoms with Crippen LogP contribution in [0, 0.1) is 0 Å². The number of nitrogens with one attached hydrogen (secondary N) is 2. The van der Waals surface area contributed by atoms with Gasteiger partial charge in [-0.15, -0.1) is 0 Å². The largest absolute Gasteiger partial charge is 0.497 e. The second-order valence-electron chi connectivity index (χ2n) is 6.11. The number of benzene rings is 2. The van der Waals surface area contributed by atoms with Crippen molar-refractivity contribution in [1.82, 2.24) is 4.98 Å². The number of carbonyl (C=O) groups is 1. The Labute approximate surface area is 147 Å². The number of carbonyl (C=O) groups excluding carboxylic acids is 1. The number of rotatable bonds is 6. The Morgan fingerprint density at radius 1 is 1.20 bits per heavy atom. The van der Waals surface area contributed by atoms with E-state index in [4.69, 9.17) is 9.47 Å². The third-order valence-electron chi connectivity index (χ3n) is 3.85. The van der Waals surface area contributed by atoms with Crippen molar-refractivity contribution in [2.75, 3.05) is 12.4 Å². The number of ether oxygens (including phenoxy) is 2. The maximum Gasteiger partial charge on any atom is 0.228 e. The highest BCUT2D eigenvalue weighted by atomic mass is 16.5. The molecule has 0 saturated heterocycles. The first-order chi connectivity index (χ1) is 12.1. The molecular formula is C20H22N2O3. The quantitative estimate of drug-likeness (QED) is 0.710. The van der Waals surface area contributed by atoms with E-state index in [1.54, 1.807) is 7.11 Å². The van der Waals surface area contributed by atoms with Crippen LogP contribution in [0.4, 0.5) is 5.69 Å². The Morgan fingerprint density at radius 2 is 2.00 bits per heavy atom. The lowest BCUT2D eigenvalue weighted by atomic mass is 10.1. The molecule has 2 aromatic carbocycles. The van der Waals surface area contributed by atoms with E-state index in [-0.39, 0.29) is 18.4 Å². The third kappa shape index (κ3) is 3.94. The van der Waals surface area contributed by atoms with Crippen LogP contribution in [0.1, 0.15) is 19.4 Å². The van der Waals surface area contributed by atoms with Gasteiger partial charge in [0.25, 0.3) is 0 Å². The van der Waals surface area contributed by atoms with E-state index in [1.807, 2.05) is 62.5 Å². The number of amides is 1. The van der Waals surface area contributed by atoms with Gasteiger partial charge in [0, 0.05) is 17.1 Å². The highest BCUT2D eigenvalue weighted by Crippen LogP contribution is 2.27. The second-order valence-corrected chi connectivity index (χ2v) is 6.11.